The quantitative estimate of drug-likeness (QED) is 0.679. The van der Waals surface area contributed by atoms with Crippen LogP contribution in [-0.2, 0) is 10.0 Å². The zero-order valence-corrected chi connectivity index (χ0v) is 18.2. The van der Waals surface area contributed by atoms with Crippen LogP contribution >= 0.6 is 15.9 Å². The van der Waals surface area contributed by atoms with Crippen molar-refractivity contribution >= 4 is 37.8 Å². The Labute approximate surface area is 178 Å². The Morgan fingerprint density at radius 2 is 1.83 bits per heavy atom. The summed E-state index contributed by atoms with van der Waals surface area (Å²) in [6, 6.07) is 6.26. The van der Waals surface area contributed by atoms with Crippen LogP contribution in [0.1, 0.15) is 23.2 Å². The number of halogens is 1. The summed E-state index contributed by atoms with van der Waals surface area (Å²) in [5.74, 6) is 0.913. The fourth-order valence-electron chi connectivity index (χ4n) is 3.19. The molecule has 154 valence electrons. The van der Waals surface area contributed by atoms with E-state index in [4.69, 9.17) is 0 Å². The molecule has 0 spiro atoms. The van der Waals surface area contributed by atoms with Crippen molar-refractivity contribution in [3.63, 3.8) is 0 Å². The minimum atomic E-state index is -3.60. The molecule has 1 aliphatic carbocycles. The predicted molar refractivity (Wildman–Crippen MR) is 112 cm³/mol. The number of nitrogens with zero attached hydrogens (tertiary/aromatic N) is 4. The van der Waals surface area contributed by atoms with Gasteiger partial charge in [-0.3, -0.25) is 4.79 Å². The minimum Gasteiger partial charge on any atom is -0.337 e. The Balaban J connectivity index is 1.40. The standard InChI is InChI=1S/C19H22BrN5O3S/c20-16-12-21-19(22-13-16)25-8-6-24(7-9-25)18(26)15-2-1-3-17(10-15)29(27,28)23-11-14-4-5-14/h1-3,10,12-14,23H,4-9,11H2. The molecule has 0 atom stereocenters. The molecular weight excluding hydrogens is 458 g/mol. The van der Waals surface area contributed by atoms with Crippen LogP contribution in [0, 0.1) is 5.92 Å². The van der Waals surface area contributed by atoms with E-state index < -0.39 is 10.0 Å². The van der Waals surface area contributed by atoms with Gasteiger partial charge >= 0.3 is 0 Å². The molecule has 0 unspecified atom stereocenters. The lowest BCUT2D eigenvalue weighted by atomic mass is 10.2. The largest absolute Gasteiger partial charge is 0.337 e. The van der Waals surface area contributed by atoms with Gasteiger partial charge in [-0.2, -0.15) is 0 Å². The first-order chi connectivity index (χ1) is 13.9. The molecule has 8 nitrogen and oxygen atoms in total. The van der Waals surface area contributed by atoms with Crippen molar-refractivity contribution in [3.8, 4) is 0 Å². The summed E-state index contributed by atoms with van der Waals surface area (Å²) in [5.41, 5.74) is 0.382. The average Bonchev–Trinajstić information content (AvgIpc) is 3.57. The van der Waals surface area contributed by atoms with E-state index in [0.29, 0.717) is 50.2 Å². The second kappa shape index (κ2) is 8.37. The lowest BCUT2D eigenvalue weighted by Gasteiger charge is -2.34. The van der Waals surface area contributed by atoms with Crippen molar-refractivity contribution in [1.29, 1.82) is 0 Å². The molecule has 2 aliphatic rings. The van der Waals surface area contributed by atoms with E-state index in [0.717, 1.165) is 17.3 Å². The molecule has 2 fully saturated rings. The fourth-order valence-corrected chi connectivity index (χ4v) is 4.56. The summed E-state index contributed by atoms with van der Waals surface area (Å²) in [4.78, 5) is 25.4. The maximum Gasteiger partial charge on any atom is 0.254 e. The van der Waals surface area contributed by atoms with Gasteiger partial charge in [0, 0.05) is 50.7 Å². The van der Waals surface area contributed by atoms with Crippen LogP contribution in [0.3, 0.4) is 0 Å². The summed E-state index contributed by atoms with van der Waals surface area (Å²) < 4.78 is 28.4. The first kappa shape index (κ1) is 20.2. The zero-order chi connectivity index (χ0) is 20.4. The van der Waals surface area contributed by atoms with Gasteiger partial charge in [0.1, 0.15) is 0 Å². The van der Waals surface area contributed by atoms with Gasteiger partial charge in [0.2, 0.25) is 16.0 Å². The van der Waals surface area contributed by atoms with Crippen LogP contribution in [0.4, 0.5) is 5.95 Å². The topological polar surface area (TPSA) is 95.5 Å². The Morgan fingerprint density at radius 1 is 1.14 bits per heavy atom. The molecule has 0 bridgehead atoms. The summed E-state index contributed by atoms with van der Waals surface area (Å²) in [5, 5.41) is 0. The predicted octanol–water partition coefficient (Wildman–Crippen LogP) is 1.89. The highest BCUT2D eigenvalue weighted by atomic mass is 79.9. The van der Waals surface area contributed by atoms with Gasteiger partial charge in [0.05, 0.1) is 9.37 Å². The molecule has 1 aromatic carbocycles. The van der Waals surface area contributed by atoms with Crippen LogP contribution < -0.4 is 9.62 Å². The molecule has 4 rings (SSSR count). The lowest BCUT2D eigenvalue weighted by Crippen LogP contribution is -2.49. The molecule has 2 heterocycles. The Kier molecular flexibility index (Phi) is 5.84. The number of sulfonamides is 1. The molecule has 1 N–H and O–H groups in total. The number of hydrogen-bond donors (Lipinski definition) is 1. The van der Waals surface area contributed by atoms with Crippen molar-refractivity contribution in [3.05, 3.63) is 46.7 Å². The number of hydrogen-bond acceptors (Lipinski definition) is 6. The number of carbonyl (C=O) groups excluding carboxylic acids is 1. The van der Waals surface area contributed by atoms with E-state index in [2.05, 4.69) is 30.6 Å². The molecule has 10 heteroatoms. The van der Waals surface area contributed by atoms with Crippen molar-refractivity contribution < 1.29 is 13.2 Å². The molecule has 1 saturated heterocycles. The van der Waals surface area contributed by atoms with E-state index in [1.165, 1.54) is 12.1 Å². The van der Waals surface area contributed by atoms with Crippen LogP contribution in [0.25, 0.3) is 0 Å². The number of carbonyl (C=O) groups is 1. The summed E-state index contributed by atoms with van der Waals surface area (Å²) in [6.07, 6.45) is 5.53. The van der Waals surface area contributed by atoms with Gasteiger partial charge in [-0.25, -0.2) is 23.1 Å². The molecule has 0 radical (unpaired) electrons. The Morgan fingerprint density at radius 3 is 2.48 bits per heavy atom. The monoisotopic (exact) mass is 479 g/mol. The fraction of sp³-hybridized carbons (Fsp3) is 0.421. The molecule has 1 amide bonds. The lowest BCUT2D eigenvalue weighted by molar-refractivity contribution is 0.0746. The van der Waals surface area contributed by atoms with E-state index in [1.54, 1.807) is 29.4 Å². The van der Waals surface area contributed by atoms with Crippen molar-refractivity contribution in [2.24, 2.45) is 5.92 Å². The molecule has 1 aromatic heterocycles. The second-order valence-corrected chi connectivity index (χ2v) is 9.99. The van der Waals surface area contributed by atoms with Gasteiger partial charge in [-0.1, -0.05) is 6.07 Å². The number of piperazine rings is 1. The Bertz CT molecular complexity index is 987. The number of benzene rings is 1. The van der Waals surface area contributed by atoms with Crippen LogP contribution in [0.2, 0.25) is 0 Å². The molecule has 2 aromatic rings. The maximum atomic E-state index is 12.9. The van der Waals surface area contributed by atoms with Gasteiger partial charge in [-0.15, -0.1) is 0 Å². The first-order valence-corrected chi connectivity index (χ1v) is 11.8. The van der Waals surface area contributed by atoms with Gasteiger partial charge in [-0.05, 0) is 52.9 Å². The highest BCUT2D eigenvalue weighted by Crippen LogP contribution is 2.28. The summed E-state index contributed by atoms with van der Waals surface area (Å²) in [6.45, 7) is 2.74. The van der Waals surface area contributed by atoms with Gasteiger partial charge < -0.3 is 9.80 Å². The van der Waals surface area contributed by atoms with E-state index in [1.807, 2.05) is 4.90 Å². The highest BCUT2D eigenvalue weighted by Gasteiger charge is 2.26. The van der Waals surface area contributed by atoms with Gasteiger partial charge in [0.25, 0.3) is 5.91 Å². The van der Waals surface area contributed by atoms with Crippen LogP contribution in [0.15, 0.2) is 46.0 Å². The third-order valence-electron chi connectivity index (χ3n) is 5.11. The normalized spacial score (nSPS) is 17.4. The smallest absolute Gasteiger partial charge is 0.254 e. The third kappa shape index (κ3) is 4.93. The molecular formula is C19H22BrN5O3S. The van der Waals surface area contributed by atoms with Crippen molar-refractivity contribution in [2.75, 3.05) is 37.6 Å². The first-order valence-electron chi connectivity index (χ1n) is 9.54. The van der Waals surface area contributed by atoms with Crippen LogP contribution in [-0.4, -0.2) is 61.9 Å². The number of nitrogens with one attached hydrogen (secondary N) is 1. The van der Waals surface area contributed by atoms with Gasteiger partial charge in [0.15, 0.2) is 0 Å². The SMILES string of the molecule is O=C(c1cccc(S(=O)(=O)NCC2CC2)c1)N1CCN(c2ncc(Br)cn2)CC1. The summed E-state index contributed by atoms with van der Waals surface area (Å²) >= 11 is 3.32. The highest BCUT2D eigenvalue weighted by molar-refractivity contribution is 9.10. The zero-order valence-electron chi connectivity index (χ0n) is 15.8. The molecule has 1 aliphatic heterocycles. The van der Waals surface area contributed by atoms with E-state index in [9.17, 15) is 13.2 Å². The minimum absolute atomic E-state index is 0.130. The van der Waals surface area contributed by atoms with Crippen LogP contribution in [0.5, 0.6) is 0 Å². The number of amides is 1. The number of rotatable bonds is 6. The average molecular weight is 480 g/mol. The summed E-state index contributed by atoms with van der Waals surface area (Å²) in [7, 11) is -3.60. The van der Waals surface area contributed by atoms with E-state index in [-0.39, 0.29) is 10.8 Å². The number of anilines is 1. The third-order valence-corrected chi connectivity index (χ3v) is 6.94. The molecule has 29 heavy (non-hydrogen) atoms. The maximum absolute atomic E-state index is 12.9. The van der Waals surface area contributed by atoms with Crippen molar-refractivity contribution in [1.82, 2.24) is 19.6 Å². The molecule has 1 saturated carbocycles. The Hall–Kier alpha value is -2.04. The van der Waals surface area contributed by atoms with Crippen molar-refractivity contribution in [2.45, 2.75) is 17.7 Å². The second-order valence-electron chi connectivity index (χ2n) is 7.30. The number of aromatic nitrogens is 2. The van der Waals surface area contributed by atoms with E-state index >= 15 is 0 Å².